The molecule has 0 saturated carbocycles. The van der Waals surface area contributed by atoms with Crippen molar-refractivity contribution in [2.75, 3.05) is 19.0 Å². The van der Waals surface area contributed by atoms with Crippen molar-refractivity contribution in [1.82, 2.24) is 5.32 Å². The molecule has 25 heavy (non-hydrogen) atoms. The van der Waals surface area contributed by atoms with Crippen LogP contribution in [0.15, 0.2) is 46.9 Å². The van der Waals surface area contributed by atoms with Gasteiger partial charge in [-0.15, -0.1) is 0 Å². The van der Waals surface area contributed by atoms with Gasteiger partial charge in [-0.25, -0.2) is 0 Å². The SMILES string of the molecule is COc1ccc([C@H](C)NCC(=O)Nc2ccc([N+](=O)[O-])cc2)cc1Br. The first-order valence-corrected chi connectivity index (χ1v) is 8.31. The van der Waals surface area contributed by atoms with Crippen LogP contribution in [0.2, 0.25) is 0 Å². The first kappa shape index (κ1) is 18.9. The molecule has 0 aliphatic heterocycles. The van der Waals surface area contributed by atoms with Crippen LogP contribution in [0.5, 0.6) is 5.75 Å². The van der Waals surface area contributed by atoms with Crippen LogP contribution < -0.4 is 15.4 Å². The number of hydrogen-bond donors (Lipinski definition) is 2. The molecule has 132 valence electrons. The van der Waals surface area contributed by atoms with Gasteiger partial charge in [-0.3, -0.25) is 14.9 Å². The highest BCUT2D eigenvalue weighted by Crippen LogP contribution is 2.27. The second kappa shape index (κ2) is 8.59. The summed E-state index contributed by atoms with van der Waals surface area (Å²) in [5, 5.41) is 16.4. The van der Waals surface area contributed by atoms with E-state index in [4.69, 9.17) is 4.74 Å². The van der Waals surface area contributed by atoms with Crippen LogP contribution in [0.1, 0.15) is 18.5 Å². The number of nitrogens with zero attached hydrogens (tertiary/aromatic N) is 1. The zero-order valence-electron chi connectivity index (χ0n) is 13.8. The average molecular weight is 408 g/mol. The molecule has 0 fully saturated rings. The number of nitro benzene ring substituents is 1. The number of non-ortho nitro benzene ring substituents is 1. The number of halogens is 1. The van der Waals surface area contributed by atoms with Gasteiger partial charge in [0.2, 0.25) is 5.91 Å². The lowest BCUT2D eigenvalue weighted by Crippen LogP contribution is -2.30. The Morgan fingerprint density at radius 2 is 1.96 bits per heavy atom. The Hall–Kier alpha value is -2.45. The third-order valence-corrected chi connectivity index (χ3v) is 4.23. The monoisotopic (exact) mass is 407 g/mol. The fourth-order valence-electron chi connectivity index (χ4n) is 2.19. The number of carbonyl (C=O) groups is 1. The van der Waals surface area contributed by atoms with Crippen LogP contribution in [0, 0.1) is 10.1 Å². The minimum Gasteiger partial charge on any atom is -0.496 e. The number of nitrogens with one attached hydrogen (secondary N) is 2. The van der Waals surface area contributed by atoms with Gasteiger partial charge in [-0.1, -0.05) is 6.07 Å². The van der Waals surface area contributed by atoms with Crippen molar-refractivity contribution in [1.29, 1.82) is 0 Å². The Labute approximate surface area is 153 Å². The number of amides is 1. The molecule has 1 atom stereocenters. The van der Waals surface area contributed by atoms with Crippen molar-refractivity contribution < 1.29 is 14.5 Å². The molecule has 0 saturated heterocycles. The minimum atomic E-state index is -0.484. The van der Waals surface area contributed by atoms with E-state index < -0.39 is 4.92 Å². The van der Waals surface area contributed by atoms with Crippen molar-refractivity contribution in [3.8, 4) is 5.75 Å². The van der Waals surface area contributed by atoms with Gasteiger partial charge in [-0.05, 0) is 52.7 Å². The molecule has 0 aromatic heterocycles. The van der Waals surface area contributed by atoms with Gasteiger partial charge in [0, 0.05) is 23.9 Å². The number of nitro groups is 1. The number of methoxy groups -OCH3 is 1. The maximum atomic E-state index is 12.0. The Balaban J connectivity index is 1.88. The normalized spacial score (nSPS) is 11.6. The summed E-state index contributed by atoms with van der Waals surface area (Å²) in [5.74, 6) is 0.514. The van der Waals surface area contributed by atoms with Crippen molar-refractivity contribution in [2.45, 2.75) is 13.0 Å². The number of benzene rings is 2. The predicted molar refractivity (Wildman–Crippen MR) is 98.8 cm³/mol. The molecular weight excluding hydrogens is 390 g/mol. The van der Waals surface area contributed by atoms with E-state index in [0.717, 1.165) is 15.8 Å². The maximum absolute atomic E-state index is 12.0. The quantitative estimate of drug-likeness (QED) is 0.539. The number of hydrogen-bond acceptors (Lipinski definition) is 5. The molecule has 7 nitrogen and oxygen atoms in total. The smallest absolute Gasteiger partial charge is 0.269 e. The molecule has 0 aliphatic rings. The van der Waals surface area contributed by atoms with Gasteiger partial charge >= 0.3 is 0 Å². The molecule has 0 aliphatic carbocycles. The topological polar surface area (TPSA) is 93.5 Å². The van der Waals surface area contributed by atoms with E-state index in [9.17, 15) is 14.9 Å². The summed E-state index contributed by atoms with van der Waals surface area (Å²) in [7, 11) is 1.60. The minimum absolute atomic E-state index is 0.0187. The van der Waals surface area contributed by atoms with Gasteiger partial charge < -0.3 is 15.4 Å². The molecule has 0 unspecified atom stereocenters. The molecule has 2 aromatic carbocycles. The highest BCUT2D eigenvalue weighted by molar-refractivity contribution is 9.10. The Morgan fingerprint density at radius 3 is 2.52 bits per heavy atom. The first-order chi connectivity index (χ1) is 11.9. The van der Waals surface area contributed by atoms with Gasteiger partial charge in [0.25, 0.3) is 5.69 Å². The summed E-state index contributed by atoms with van der Waals surface area (Å²) in [5.41, 5.74) is 1.50. The summed E-state index contributed by atoms with van der Waals surface area (Å²) in [6.45, 7) is 2.06. The second-order valence-corrected chi connectivity index (χ2v) is 6.20. The van der Waals surface area contributed by atoms with Crippen LogP contribution in [0.3, 0.4) is 0 Å². The van der Waals surface area contributed by atoms with E-state index in [-0.39, 0.29) is 24.2 Å². The van der Waals surface area contributed by atoms with E-state index in [1.807, 2.05) is 25.1 Å². The van der Waals surface area contributed by atoms with Crippen molar-refractivity contribution >= 4 is 33.2 Å². The molecule has 0 heterocycles. The third-order valence-electron chi connectivity index (χ3n) is 3.61. The fourth-order valence-corrected chi connectivity index (χ4v) is 2.75. The van der Waals surface area contributed by atoms with E-state index in [2.05, 4.69) is 26.6 Å². The Morgan fingerprint density at radius 1 is 1.28 bits per heavy atom. The fraction of sp³-hybridized carbons (Fsp3) is 0.235. The van der Waals surface area contributed by atoms with Gasteiger partial charge in [0.1, 0.15) is 5.75 Å². The van der Waals surface area contributed by atoms with Crippen LogP contribution in [-0.2, 0) is 4.79 Å². The van der Waals surface area contributed by atoms with E-state index in [1.165, 1.54) is 24.3 Å². The average Bonchev–Trinajstić information content (AvgIpc) is 2.60. The first-order valence-electron chi connectivity index (χ1n) is 7.52. The Bertz CT molecular complexity index is 765. The zero-order valence-corrected chi connectivity index (χ0v) is 15.4. The lowest BCUT2D eigenvalue weighted by Gasteiger charge is -2.15. The molecule has 1 amide bonds. The summed E-state index contributed by atoms with van der Waals surface area (Å²) in [6.07, 6.45) is 0. The summed E-state index contributed by atoms with van der Waals surface area (Å²) < 4.78 is 6.04. The molecule has 8 heteroatoms. The number of rotatable bonds is 7. The number of anilines is 1. The Kier molecular flexibility index (Phi) is 6.49. The highest BCUT2D eigenvalue weighted by Gasteiger charge is 2.11. The predicted octanol–water partition coefficient (Wildman–Crippen LogP) is 3.66. The van der Waals surface area contributed by atoms with Crippen LogP contribution in [0.25, 0.3) is 0 Å². The summed E-state index contributed by atoms with van der Waals surface area (Å²) in [4.78, 5) is 22.1. The molecule has 0 bridgehead atoms. The van der Waals surface area contributed by atoms with Gasteiger partial charge in [0.05, 0.1) is 23.1 Å². The number of ether oxygens (including phenoxy) is 1. The van der Waals surface area contributed by atoms with Crippen LogP contribution >= 0.6 is 15.9 Å². The summed E-state index contributed by atoms with van der Waals surface area (Å²) >= 11 is 3.44. The van der Waals surface area contributed by atoms with Crippen LogP contribution in [-0.4, -0.2) is 24.5 Å². The third kappa shape index (κ3) is 5.27. The zero-order chi connectivity index (χ0) is 18.4. The van der Waals surface area contributed by atoms with E-state index in [1.54, 1.807) is 7.11 Å². The van der Waals surface area contributed by atoms with Crippen molar-refractivity contribution in [3.05, 3.63) is 62.6 Å². The highest BCUT2D eigenvalue weighted by atomic mass is 79.9. The molecule has 2 aromatic rings. The molecule has 2 rings (SSSR count). The van der Waals surface area contributed by atoms with Gasteiger partial charge in [0.15, 0.2) is 0 Å². The number of carbonyl (C=O) groups excluding carboxylic acids is 1. The van der Waals surface area contributed by atoms with Crippen molar-refractivity contribution in [2.24, 2.45) is 0 Å². The molecule has 0 spiro atoms. The lowest BCUT2D eigenvalue weighted by atomic mass is 10.1. The van der Waals surface area contributed by atoms with Crippen molar-refractivity contribution in [3.63, 3.8) is 0 Å². The van der Waals surface area contributed by atoms with E-state index in [0.29, 0.717) is 5.69 Å². The summed E-state index contributed by atoms with van der Waals surface area (Å²) in [6, 6.07) is 11.4. The lowest BCUT2D eigenvalue weighted by molar-refractivity contribution is -0.384. The molecule has 0 radical (unpaired) electrons. The van der Waals surface area contributed by atoms with Gasteiger partial charge in [-0.2, -0.15) is 0 Å². The van der Waals surface area contributed by atoms with E-state index >= 15 is 0 Å². The van der Waals surface area contributed by atoms with Crippen LogP contribution in [0.4, 0.5) is 11.4 Å². The largest absolute Gasteiger partial charge is 0.496 e. The maximum Gasteiger partial charge on any atom is 0.269 e. The molecule has 2 N–H and O–H groups in total. The molecular formula is C17H18BrN3O4. The second-order valence-electron chi connectivity index (χ2n) is 5.35. The standard InChI is InChI=1S/C17H18BrN3O4/c1-11(12-3-8-16(25-2)15(18)9-12)19-10-17(22)20-13-4-6-14(7-5-13)21(23)24/h3-9,11,19H,10H2,1-2H3,(H,20,22)/t11-/m0/s1.